The lowest BCUT2D eigenvalue weighted by molar-refractivity contribution is 1.38. The van der Waals surface area contributed by atoms with E-state index >= 15 is 0 Å². The summed E-state index contributed by atoms with van der Waals surface area (Å²) >= 11 is 4.94. The lowest BCUT2D eigenvalue weighted by Crippen LogP contribution is -1.72. The van der Waals surface area contributed by atoms with Crippen molar-refractivity contribution in [2.24, 2.45) is 0 Å². The fourth-order valence-electron chi connectivity index (χ4n) is 0.963. The molecular formula is C7H6N2S. The van der Waals surface area contributed by atoms with Gasteiger partial charge in [0.2, 0.25) is 0 Å². The molecule has 0 aliphatic heterocycles. The van der Waals surface area contributed by atoms with Gasteiger partial charge in [-0.3, -0.25) is 0 Å². The van der Waals surface area contributed by atoms with Gasteiger partial charge in [0, 0.05) is 6.20 Å². The Bertz CT molecular complexity index is 399. The molecule has 50 valence electrons. The number of hydrogen-bond acceptors (Lipinski definition) is 1. The summed E-state index contributed by atoms with van der Waals surface area (Å²) in [7, 11) is 0. The molecule has 2 aromatic rings. The minimum Gasteiger partial charge on any atom is -0.360 e. The van der Waals surface area contributed by atoms with Crippen molar-refractivity contribution in [1.82, 2.24) is 9.97 Å². The second kappa shape index (κ2) is 1.95. The first kappa shape index (κ1) is 5.68. The maximum atomic E-state index is 4.94. The van der Waals surface area contributed by atoms with Gasteiger partial charge in [0.25, 0.3) is 0 Å². The Kier molecular flexibility index (Phi) is 1.11. The molecule has 0 amide bonds. The van der Waals surface area contributed by atoms with E-state index in [2.05, 4.69) is 9.97 Å². The van der Waals surface area contributed by atoms with E-state index < -0.39 is 0 Å². The standard InChI is InChI=1S/C7H6N2S/c10-7-2-1-5-6(9-7)3-4-8-5/h1-4,8H,(H,9,10). The van der Waals surface area contributed by atoms with Gasteiger partial charge in [-0.2, -0.15) is 0 Å². The number of rotatable bonds is 0. The molecule has 0 saturated carbocycles. The number of pyridine rings is 1. The maximum absolute atomic E-state index is 4.94. The number of hydrogen-bond donors (Lipinski definition) is 2. The Morgan fingerprint density at radius 2 is 2.00 bits per heavy atom. The highest BCUT2D eigenvalue weighted by Gasteiger charge is 1.89. The van der Waals surface area contributed by atoms with Crippen LogP contribution >= 0.6 is 12.2 Å². The first-order chi connectivity index (χ1) is 4.86. The van der Waals surface area contributed by atoms with Crippen LogP contribution in [0.4, 0.5) is 0 Å². The fourth-order valence-corrected chi connectivity index (χ4v) is 1.14. The molecule has 0 aromatic carbocycles. The van der Waals surface area contributed by atoms with Gasteiger partial charge in [0.05, 0.1) is 11.0 Å². The van der Waals surface area contributed by atoms with E-state index in [-0.39, 0.29) is 0 Å². The zero-order chi connectivity index (χ0) is 6.97. The molecule has 2 N–H and O–H groups in total. The predicted molar refractivity (Wildman–Crippen MR) is 43.5 cm³/mol. The molecule has 2 nitrogen and oxygen atoms in total. The molecular weight excluding hydrogens is 144 g/mol. The van der Waals surface area contributed by atoms with Crippen LogP contribution in [-0.2, 0) is 0 Å². The number of aromatic nitrogens is 2. The summed E-state index contributed by atoms with van der Waals surface area (Å²) in [6, 6.07) is 5.80. The summed E-state index contributed by atoms with van der Waals surface area (Å²) in [5, 5.41) is 0. The van der Waals surface area contributed by atoms with E-state index in [1.807, 2.05) is 24.4 Å². The quantitative estimate of drug-likeness (QED) is 0.554. The van der Waals surface area contributed by atoms with Crippen molar-refractivity contribution in [3.8, 4) is 0 Å². The van der Waals surface area contributed by atoms with E-state index in [1.54, 1.807) is 0 Å². The largest absolute Gasteiger partial charge is 0.360 e. The Morgan fingerprint density at radius 1 is 1.10 bits per heavy atom. The second-order valence-corrected chi connectivity index (χ2v) is 2.57. The van der Waals surface area contributed by atoms with Crippen molar-refractivity contribution >= 4 is 23.3 Å². The van der Waals surface area contributed by atoms with Gasteiger partial charge in [0.1, 0.15) is 4.64 Å². The molecule has 0 atom stereocenters. The Morgan fingerprint density at radius 3 is 2.90 bits per heavy atom. The first-order valence-electron chi connectivity index (χ1n) is 3.03. The van der Waals surface area contributed by atoms with Crippen molar-refractivity contribution < 1.29 is 0 Å². The third-order valence-corrected chi connectivity index (χ3v) is 1.68. The molecule has 3 heteroatoms. The lowest BCUT2D eigenvalue weighted by atomic mass is 10.4. The highest BCUT2D eigenvalue weighted by Crippen LogP contribution is 2.06. The summed E-state index contributed by atoms with van der Waals surface area (Å²) < 4.78 is 0.770. The summed E-state index contributed by atoms with van der Waals surface area (Å²) in [4.78, 5) is 6.12. The first-order valence-corrected chi connectivity index (χ1v) is 3.43. The van der Waals surface area contributed by atoms with Crippen LogP contribution < -0.4 is 0 Å². The van der Waals surface area contributed by atoms with Crippen molar-refractivity contribution in [2.45, 2.75) is 0 Å². The summed E-state index contributed by atoms with van der Waals surface area (Å²) in [5.41, 5.74) is 2.15. The normalized spacial score (nSPS) is 10.4. The van der Waals surface area contributed by atoms with Gasteiger partial charge >= 0.3 is 0 Å². The van der Waals surface area contributed by atoms with E-state index in [9.17, 15) is 0 Å². The molecule has 0 aliphatic carbocycles. The highest BCUT2D eigenvalue weighted by atomic mass is 32.1. The molecule has 0 bridgehead atoms. The predicted octanol–water partition coefficient (Wildman–Crippen LogP) is 2.23. The third kappa shape index (κ3) is 0.752. The van der Waals surface area contributed by atoms with Gasteiger partial charge in [-0.25, -0.2) is 0 Å². The minimum absolute atomic E-state index is 0.770. The zero-order valence-electron chi connectivity index (χ0n) is 5.22. The molecule has 2 heterocycles. The summed E-state index contributed by atoms with van der Waals surface area (Å²) in [6.07, 6.45) is 1.88. The Hall–Kier alpha value is -1.09. The topological polar surface area (TPSA) is 31.6 Å². The van der Waals surface area contributed by atoms with E-state index in [0.29, 0.717) is 0 Å². The minimum atomic E-state index is 0.770. The Labute approximate surface area is 62.9 Å². The molecule has 0 fully saturated rings. The monoisotopic (exact) mass is 150 g/mol. The molecule has 0 unspecified atom stereocenters. The number of aromatic amines is 2. The van der Waals surface area contributed by atoms with E-state index in [0.717, 1.165) is 15.7 Å². The number of fused-ring (bicyclic) bond motifs is 1. The fraction of sp³-hybridized carbons (Fsp3) is 0. The van der Waals surface area contributed by atoms with Gasteiger partial charge in [-0.15, -0.1) is 0 Å². The third-order valence-electron chi connectivity index (χ3n) is 1.44. The molecule has 0 radical (unpaired) electrons. The van der Waals surface area contributed by atoms with Gasteiger partial charge < -0.3 is 9.97 Å². The molecule has 10 heavy (non-hydrogen) atoms. The number of nitrogens with one attached hydrogen (secondary N) is 2. The smallest absolute Gasteiger partial charge is 0.103 e. The van der Waals surface area contributed by atoms with Crippen molar-refractivity contribution in [1.29, 1.82) is 0 Å². The van der Waals surface area contributed by atoms with Gasteiger partial charge in [-0.05, 0) is 18.2 Å². The lowest BCUT2D eigenvalue weighted by Gasteiger charge is -1.86. The van der Waals surface area contributed by atoms with Crippen molar-refractivity contribution in [2.75, 3.05) is 0 Å². The average Bonchev–Trinajstić information content (AvgIpc) is 2.33. The van der Waals surface area contributed by atoms with Gasteiger partial charge in [-0.1, -0.05) is 12.2 Å². The number of H-pyrrole nitrogens is 2. The van der Waals surface area contributed by atoms with Crippen LogP contribution in [-0.4, -0.2) is 9.97 Å². The summed E-state index contributed by atoms with van der Waals surface area (Å²) in [6.45, 7) is 0. The molecule has 0 spiro atoms. The van der Waals surface area contributed by atoms with Crippen LogP contribution in [0.15, 0.2) is 24.4 Å². The summed E-state index contributed by atoms with van der Waals surface area (Å²) in [5.74, 6) is 0. The molecule has 0 saturated heterocycles. The Balaban J connectivity index is 2.99. The van der Waals surface area contributed by atoms with Crippen LogP contribution in [0.5, 0.6) is 0 Å². The van der Waals surface area contributed by atoms with Crippen LogP contribution in [0, 0.1) is 4.64 Å². The van der Waals surface area contributed by atoms with Crippen LogP contribution in [0.1, 0.15) is 0 Å². The SMILES string of the molecule is S=c1ccc2[nH]ccc2[nH]1. The molecule has 2 rings (SSSR count). The maximum Gasteiger partial charge on any atom is 0.103 e. The average molecular weight is 150 g/mol. The van der Waals surface area contributed by atoms with E-state index in [1.165, 1.54) is 0 Å². The zero-order valence-corrected chi connectivity index (χ0v) is 6.03. The van der Waals surface area contributed by atoms with E-state index in [4.69, 9.17) is 12.2 Å². The van der Waals surface area contributed by atoms with Crippen LogP contribution in [0.2, 0.25) is 0 Å². The van der Waals surface area contributed by atoms with Gasteiger partial charge in [0.15, 0.2) is 0 Å². The highest BCUT2D eigenvalue weighted by molar-refractivity contribution is 7.71. The molecule has 0 aliphatic rings. The second-order valence-electron chi connectivity index (χ2n) is 2.13. The van der Waals surface area contributed by atoms with Crippen LogP contribution in [0.3, 0.4) is 0 Å². The van der Waals surface area contributed by atoms with Crippen molar-refractivity contribution in [3.05, 3.63) is 29.0 Å². The van der Waals surface area contributed by atoms with Crippen LogP contribution in [0.25, 0.3) is 11.0 Å². The van der Waals surface area contributed by atoms with Crippen molar-refractivity contribution in [3.63, 3.8) is 0 Å². The molecule has 2 aromatic heterocycles.